The van der Waals surface area contributed by atoms with Gasteiger partial charge >= 0.3 is 5.97 Å². The van der Waals surface area contributed by atoms with E-state index >= 15 is 0 Å². The molecule has 0 amide bonds. The van der Waals surface area contributed by atoms with Gasteiger partial charge in [-0.2, -0.15) is 0 Å². The summed E-state index contributed by atoms with van der Waals surface area (Å²) in [5.74, 6) is 0.451. The zero-order valence-electron chi connectivity index (χ0n) is 12.9. The van der Waals surface area contributed by atoms with Gasteiger partial charge in [0.05, 0.1) is 13.7 Å². The van der Waals surface area contributed by atoms with Gasteiger partial charge in [-0.3, -0.25) is 4.79 Å². The molecule has 21 heavy (non-hydrogen) atoms. The number of halogens is 1. The molecule has 0 aliphatic heterocycles. The summed E-state index contributed by atoms with van der Waals surface area (Å²) in [6.45, 7) is 6.08. The highest BCUT2D eigenvalue weighted by atomic mass is 19.1. The number of hydrogen-bond donors (Lipinski definition) is 1. The minimum atomic E-state index is -0.318. The van der Waals surface area contributed by atoms with Crippen LogP contribution in [0.2, 0.25) is 0 Å². The van der Waals surface area contributed by atoms with E-state index in [4.69, 9.17) is 4.74 Å². The van der Waals surface area contributed by atoms with Gasteiger partial charge < -0.3 is 14.8 Å². The van der Waals surface area contributed by atoms with Gasteiger partial charge in [-0.25, -0.2) is 4.39 Å². The van der Waals surface area contributed by atoms with E-state index in [9.17, 15) is 9.18 Å². The average molecular weight is 297 g/mol. The summed E-state index contributed by atoms with van der Waals surface area (Å²) in [6, 6.07) is 4.66. The van der Waals surface area contributed by atoms with Crippen molar-refractivity contribution in [3.8, 4) is 5.75 Å². The molecule has 118 valence electrons. The van der Waals surface area contributed by atoms with Gasteiger partial charge in [-0.05, 0) is 36.6 Å². The van der Waals surface area contributed by atoms with Crippen LogP contribution in [0, 0.1) is 11.7 Å². The van der Waals surface area contributed by atoms with E-state index in [1.807, 2.05) is 6.07 Å². The number of esters is 1. The fourth-order valence-electron chi connectivity index (χ4n) is 1.82. The Balaban J connectivity index is 2.43. The number of ether oxygens (including phenoxy) is 2. The van der Waals surface area contributed by atoms with Crippen molar-refractivity contribution in [2.24, 2.45) is 5.92 Å². The Labute approximate surface area is 125 Å². The smallest absolute Gasteiger partial charge is 0.305 e. The Bertz CT molecular complexity index is 449. The SMILES string of the molecule is COC(=O)CCCOc1cc(F)cc(CNCC(C)C)c1. The van der Waals surface area contributed by atoms with Crippen LogP contribution in [0.4, 0.5) is 4.39 Å². The molecule has 1 aromatic rings. The fraction of sp³-hybridized carbons (Fsp3) is 0.562. The lowest BCUT2D eigenvalue weighted by Crippen LogP contribution is -2.19. The van der Waals surface area contributed by atoms with Crippen LogP contribution in [-0.2, 0) is 16.1 Å². The lowest BCUT2D eigenvalue weighted by atomic mass is 10.2. The summed E-state index contributed by atoms with van der Waals surface area (Å²) in [7, 11) is 1.35. The summed E-state index contributed by atoms with van der Waals surface area (Å²) in [5.41, 5.74) is 0.846. The van der Waals surface area contributed by atoms with Crippen molar-refractivity contribution in [2.75, 3.05) is 20.3 Å². The molecule has 0 fully saturated rings. The maximum atomic E-state index is 13.5. The number of rotatable bonds is 9. The standard InChI is InChI=1S/C16H24FNO3/c1-12(2)10-18-11-13-7-14(17)9-15(8-13)21-6-4-5-16(19)20-3/h7-9,12,18H,4-6,10-11H2,1-3H3. The molecule has 0 saturated heterocycles. The molecule has 0 saturated carbocycles. The molecule has 4 nitrogen and oxygen atoms in total. The van der Waals surface area contributed by atoms with Gasteiger partial charge in [0.1, 0.15) is 11.6 Å². The highest BCUT2D eigenvalue weighted by Crippen LogP contribution is 2.17. The fourth-order valence-corrected chi connectivity index (χ4v) is 1.82. The van der Waals surface area contributed by atoms with Gasteiger partial charge in [-0.1, -0.05) is 13.8 Å². The molecular formula is C16H24FNO3. The van der Waals surface area contributed by atoms with Gasteiger partial charge in [0, 0.05) is 19.0 Å². The van der Waals surface area contributed by atoms with E-state index in [1.54, 1.807) is 0 Å². The maximum absolute atomic E-state index is 13.5. The van der Waals surface area contributed by atoms with Crippen LogP contribution in [0.25, 0.3) is 0 Å². The summed E-state index contributed by atoms with van der Waals surface area (Å²) in [4.78, 5) is 11.0. The van der Waals surface area contributed by atoms with Crippen molar-refractivity contribution < 1.29 is 18.7 Å². The van der Waals surface area contributed by atoms with E-state index < -0.39 is 0 Å². The number of methoxy groups -OCH3 is 1. The molecule has 0 atom stereocenters. The molecule has 1 rings (SSSR count). The second kappa shape index (κ2) is 9.34. The molecule has 5 heteroatoms. The molecule has 0 unspecified atom stereocenters. The molecule has 0 aliphatic carbocycles. The molecule has 0 aliphatic rings. The lowest BCUT2D eigenvalue weighted by molar-refractivity contribution is -0.140. The van der Waals surface area contributed by atoms with Crippen LogP contribution in [0.15, 0.2) is 18.2 Å². The topological polar surface area (TPSA) is 47.6 Å². The molecule has 0 radical (unpaired) electrons. The number of benzene rings is 1. The maximum Gasteiger partial charge on any atom is 0.305 e. The zero-order valence-corrected chi connectivity index (χ0v) is 12.9. The van der Waals surface area contributed by atoms with E-state index in [0.717, 1.165) is 12.1 Å². The normalized spacial score (nSPS) is 10.7. The van der Waals surface area contributed by atoms with Crippen molar-refractivity contribution >= 4 is 5.97 Å². The van der Waals surface area contributed by atoms with Crippen LogP contribution in [0.3, 0.4) is 0 Å². The van der Waals surface area contributed by atoms with E-state index in [2.05, 4.69) is 23.9 Å². The summed E-state index contributed by atoms with van der Waals surface area (Å²) >= 11 is 0. The molecule has 1 aromatic carbocycles. The summed E-state index contributed by atoms with van der Waals surface area (Å²) in [6.07, 6.45) is 0.846. The summed E-state index contributed by atoms with van der Waals surface area (Å²) < 4.78 is 23.5. The predicted molar refractivity (Wildman–Crippen MR) is 79.7 cm³/mol. The van der Waals surface area contributed by atoms with Gasteiger partial charge in [0.25, 0.3) is 0 Å². The number of nitrogens with one attached hydrogen (secondary N) is 1. The zero-order chi connectivity index (χ0) is 15.7. The molecule has 0 aromatic heterocycles. The van der Waals surface area contributed by atoms with Gasteiger partial charge in [0.15, 0.2) is 0 Å². The Hall–Kier alpha value is -1.62. The van der Waals surface area contributed by atoms with Crippen LogP contribution in [0.1, 0.15) is 32.3 Å². The molecule has 0 spiro atoms. The molecule has 0 heterocycles. The summed E-state index contributed by atoms with van der Waals surface area (Å²) in [5, 5.41) is 3.26. The largest absolute Gasteiger partial charge is 0.493 e. The highest BCUT2D eigenvalue weighted by molar-refractivity contribution is 5.69. The Kier molecular flexibility index (Phi) is 7.75. The second-order valence-electron chi connectivity index (χ2n) is 5.35. The van der Waals surface area contributed by atoms with Crippen molar-refractivity contribution in [1.29, 1.82) is 0 Å². The van der Waals surface area contributed by atoms with Crippen molar-refractivity contribution in [2.45, 2.75) is 33.2 Å². The predicted octanol–water partition coefficient (Wildman–Crippen LogP) is 2.90. The van der Waals surface area contributed by atoms with Crippen LogP contribution in [-0.4, -0.2) is 26.2 Å². The van der Waals surface area contributed by atoms with Gasteiger partial charge in [-0.15, -0.1) is 0 Å². The third-order valence-corrected chi connectivity index (χ3v) is 2.83. The first-order valence-electron chi connectivity index (χ1n) is 7.21. The quantitative estimate of drug-likeness (QED) is 0.562. The third-order valence-electron chi connectivity index (χ3n) is 2.83. The Morgan fingerprint density at radius 1 is 1.33 bits per heavy atom. The monoisotopic (exact) mass is 297 g/mol. The first-order valence-corrected chi connectivity index (χ1v) is 7.21. The molecular weight excluding hydrogens is 273 g/mol. The molecule has 0 bridgehead atoms. The Morgan fingerprint density at radius 3 is 2.76 bits per heavy atom. The minimum Gasteiger partial charge on any atom is -0.493 e. The Morgan fingerprint density at radius 2 is 2.10 bits per heavy atom. The number of carbonyl (C=O) groups is 1. The lowest BCUT2D eigenvalue weighted by Gasteiger charge is -2.10. The van der Waals surface area contributed by atoms with Gasteiger partial charge in [0.2, 0.25) is 0 Å². The van der Waals surface area contributed by atoms with Crippen LogP contribution < -0.4 is 10.1 Å². The van der Waals surface area contributed by atoms with Crippen molar-refractivity contribution in [3.05, 3.63) is 29.6 Å². The number of hydrogen-bond acceptors (Lipinski definition) is 4. The van der Waals surface area contributed by atoms with Crippen LogP contribution in [0.5, 0.6) is 5.75 Å². The van der Waals surface area contributed by atoms with Crippen molar-refractivity contribution in [1.82, 2.24) is 5.32 Å². The van der Waals surface area contributed by atoms with E-state index in [-0.39, 0.29) is 11.8 Å². The van der Waals surface area contributed by atoms with E-state index in [1.165, 1.54) is 19.2 Å². The second-order valence-corrected chi connectivity index (χ2v) is 5.35. The van der Waals surface area contributed by atoms with Crippen molar-refractivity contribution in [3.63, 3.8) is 0 Å². The van der Waals surface area contributed by atoms with Crippen LogP contribution >= 0.6 is 0 Å². The highest BCUT2D eigenvalue weighted by Gasteiger charge is 2.04. The minimum absolute atomic E-state index is 0.267. The average Bonchev–Trinajstić information content (AvgIpc) is 2.42. The first-order chi connectivity index (χ1) is 10.0. The number of carbonyl (C=O) groups excluding carboxylic acids is 1. The third kappa shape index (κ3) is 7.66. The van der Waals surface area contributed by atoms with E-state index in [0.29, 0.717) is 37.7 Å². The first kappa shape index (κ1) is 17.4. The molecule has 1 N–H and O–H groups in total.